The Kier molecular flexibility index (Phi) is 6.14. The first-order chi connectivity index (χ1) is 13.6. The predicted molar refractivity (Wildman–Crippen MR) is 113 cm³/mol. The van der Waals surface area contributed by atoms with Crippen LogP contribution in [0.4, 0.5) is 0 Å². The highest BCUT2D eigenvalue weighted by molar-refractivity contribution is 5.81. The number of halogens is 1. The molecule has 0 saturated heterocycles. The number of para-hydroxylation sites is 2. The monoisotopic (exact) mass is 407 g/mol. The smallest absolute Gasteiger partial charge is 0.161 e. The van der Waals surface area contributed by atoms with Crippen LogP contribution in [0.25, 0.3) is 22.4 Å². The SMILES string of the molecule is COc1ccc(-c2nc3ccccc3n2Cc2cc(C)ccc2C)cc1OC.[Cl-]. The van der Waals surface area contributed by atoms with E-state index in [9.17, 15) is 0 Å². The van der Waals surface area contributed by atoms with Crippen molar-refractivity contribution in [2.45, 2.75) is 20.4 Å². The summed E-state index contributed by atoms with van der Waals surface area (Å²) in [6.07, 6.45) is 0. The maximum atomic E-state index is 5.50. The summed E-state index contributed by atoms with van der Waals surface area (Å²) in [4.78, 5) is 4.93. The molecule has 1 heterocycles. The average Bonchev–Trinajstić information content (AvgIpc) is 3.08. The number of nitrogens with zero attached hydrogens (tertiary/aromatic N) is 2. The molecule has 4 nitrogen and oxygen atoms in total. The van der Waals surface area contributed by atoms with E-state index in [1.54, 1.807) is 14.2 Å². The number of hydrogen-bond acceptors (Lipinski definition) is 3. The third kappa shape index (κ3) is 3.94. The van der Waals surface area contributed by atoms with Crippen LogP contribution in [-0.4, -0.2) is 23.8 Å². The first-order valence-corrected chi connectivity index (χ1v) is 9.34. The van der Waals surface area contributed by atoms with Crippen LogP contribution < -0.4 is 21.9 Å². The summed E-state index contributed by atoms with van der Waals surface area (Å²) in [5.41, 5.74) is 6.94. The molecule has 4 rings (SSSR count). The van der Waals surface area contributed by atoms with Crippen LogP contribution in [0.5, 0.6) is 11.5 Å². The minimum absolute atomic E-state index is 0. The molecule has 0 N–H and O–H groups in total. The Balaban J connectivity index is 0.00000240. The van der Waals surface area contributed by atoms with Crippen LogP contribution in [0.15, 0.2) is 60.7 Å². The molecule has 29 heavy (non-hydrogen) atoms. The van der Waals surface area contributed by atoms with Crippen molar-refractivity contribution >= 4 is 11.0 Å². The maximum absolute atomic E-state index is 5.50. The van der Waals surface area contributed by atoms with Crippen LogP contribution >= 0.6 is 0 Å². The summed E-state index contributed by atoms with van der Waals surface area (Å²) in [5, 5.41) is 0. The van der Waals surface area contributed by atoms with E-state index in [0.29, 0.717) is 11.5 Å². The molecule has 4 aromatic rings. The Labute approximate surface area is 177 Å². The second kappa shape index (κ2) is 8.58. The Hall–Kier alpha value is -2.98. The molecule has 0 fully saturated rings. The molecule has 0 aliphatic rings. The van der Waals surface area contributed by atoms with Crippen LogP contribution in [0.2, 0.25) is 0 Å². The lowest BCUT2D eigenvalue weighted by atomic mass is 10.1. The fourth-order valence-corrected chi connectivity index (χ4v) is 3.57. The number of hydrogen-bond donors (Lipinski definition) is 0. The minimum Gasteiger partial charge on any atom is -1.00 e. The molecular weight excluding hydrogens is 384 g/mol. The van der Waals surface area contributed by atoms with Crippen molar-refractivity contribution in [2.24, 2.45) is 0 Å². The summed E-state index contributed by atoms with van der Waals surface area (Å²) in [6.45, 7) is 5.05. The molecule has 3 aromatic carbocycles. The van der Waals surface area contributed by atoms with Gasteiger partial charge in [0.05, 0.1) is 25.3 Å². The second-order valence-corrected chi connectivity index (χ2v) is 7.01. The summed E-state index contributed by atoms with van der Waals surface area (Å²) in [6, 6.07) is 20.8. The van der Waals surface area contributed by atoms with Crippen molar-refractivity contribution in [1.82, 2.24) is 9.55 Å². The zero-order chi connectivity index (χ0) is 19.7. The normalized spacial score (nSPS) is 10.6. The van der Waals surface area contributed by atoms with Gasteiger partial charge in [-0.15, -0.1) is 0 Å². The summed E-state index contributed by atoms with van der Waals surface area (Å²) < 4.78 is 13.2. The number of aromatic nitrogens is 2. The van der Waals surface area contributed by atoms with Crippen molar-refractivity contribution in [3.8, 4) is 22.9 Å². The molecule has 1 aromatic heterocycles. The molecule has 0 radical (unpaired) electrons. The Bertz CT molecular complexity index is 1150. The standard InChI is InChI=1S/C24H24N2O2.ClH/c1-16-9-10-17(2)19(13-16)15-26-21-8-6-5-7-20(21)25-24(26)18-11-12-22(27-3)23(14-18)28-4;/h5-14H,15H2,1-4H3;1H/p-1. The highest BCUT2D eigenvalue weighted by Crippen LogP contribution is 2.34. The van der Waals surface area contributed by atoms with E-state index < -0.39 is 0 Å². The number of fused-ring (bicyclic) bond motifs is 1. The van der Waals surface area contributed by atoms with Gasteiger partial charge in [-0.2, -0.15) is 0 Å². The van der Waals surface area contributed by atoms with E-state index in [4.69, 9.17) is 14.5 Å². The van der Waals surface area contributed by atoms with Gasteiger partial charge in [0.15, 0.2) is 11.5 Å². The van der Waals surface area contributed by atoms with Crippen LogP contribution in [0.1, 0.15) is 16.7 Å². The lowest BCUT2D eigenvalue weighted by Crippen LogP contribution is -3.00. The Morgan fingerprint density at radius 2 is 1.62 bits per heavy atom. The van der Waals surface area contributed by atoms with Gasteiger partial charge in [0.1, 0.15) is 5.82 Å². The highest BCUT2D eigenvalue weighted by Gasteiger charge is 2.16. The van der Waals surface area contributed by atoms with Gasteiger partial charge >= 0.3 is 0 Å². The van der Waals surface area contributed by atoms with E-state index in [1.165, 1.54) is 16.7 Å². The summed E-state index contributed by atoms with van der Waals surface area (Å²) >= 11 is 0. The Morgan fingerprint density at radius 3 is 2.38 bits per heavy atom. The van der Waals surface area contributed by atoms with Crippen molar-refractivity contribution in [3.05, 3.63) is 77.4 Å². The number of rotatable bonds is 5. The van der Waals surface area contributed by atoms with Gasteiger partial charge in [-0.25, -0.2) is 4.98 Å². The first-order valence-electron chi connectivity index (χ1n) is 9.34. The molecule has 0 saturated carbocycles. The van der Waals surface area contributed by atoms with Gasteiger partial charge in [-0.3, -0.25) is 0 Å². The molecule has 0 bridgehead atoms. The van der Waals surface area contributed by atoms with Gasteiger partial charge in [-0.05, 0) is 55.3 Å². The second-order valence-electron chi connectivity index (χ2n) is 7.01. The van der Waals surface area contributed by atoms with Crippen LogP contribution in [-0.2, 0) is 6.54 Å². The largest absolute Gasteiger partial charge is 1.00 e. The third-order valence-corrected chi connectivity index (χ3v) is 5.13. The Morgan fingerprint density at radius 1 is 0.862 bits per heavy atom. The lowest BCUT2D eigenvalue weighted by molar-refractivity contribution is -0.00000631. The zero-order valence-electron chi connectivity index (χ0n) is 17.1. The number of ether oxygens (including phenoxy) is 2. The van der Waals surface area contributed by atoms with E-state index in [1.807, 2.05) is 24.3 Å². The van der Waals surface area contributed by atoms with Gasteiger partial charge in [0, 0.05) is 12.1 Å². The van der Waals surface area contributed by atoms with Crippen LogP contribution in [0.3, 0.4) is 0 Å². The van der Waals surface area contributed by atoms with E-state index in [-0.39, 0.29) is 12.4 Å². The molecule has 0 aliphatic carbocycles. The van der Waals surface area contributed by atoms with Crippen LogP contribution in [0, 0.1) is 13.8 Å². The fourth-order valence-electron chi connectivity index (χ4n) is 3.57. The number of imidazole rings is 1. The molecule has 150 valence electrons. The predicted octanol–water partition coefficient (Wildman–Crippen LogP) is 2.39. The van der Waals surface area contributed by atoms with Crippen molar-refractivity contribution in [2.75, 3.05) is 14.2 Å². The fraction of sp³-hybridized carbons (Fsp3) is 0.208. The molecule has 0 atom stereocenters. The van der Waals surface area contributed by atoms with Crippen molar-refractivity contribution < 1.29 is 21.9 Å². The molecular formula is C24H24ClN2O2-. The maximum Gasteiger partial charge on any atom is 0.161 e. The van der Waals surface area contributed by atoms with Crippen molar-refractivity contribution in [1.29, 1.82) is 0 Å². The third-order valence-electron chi connectivity index (χ3n) is 5.13. The van der Waals surface area contributed by atoms with Gasteiger partial charge in [0.2, 0.25) is 0 Å². The molecule has 0 amide bonds. The van der Waals surface area contributed by atoms with E-state index >= 15 is 0 Å². The highest BCUT2D eigenvalue weighted by atomic mass is 35.5. The van der Waals surface area contributed by atoms with Gasteiger partial charge in [0.25, 0.3) is 0 Å². The van der Waals surface area contributed by atoms with Crippen molar-refractivity contribution in [3.63, 3.8) is 0 Å². The van der Waals surface area contributed by atoms with E-state index in [2.05, 4.69) is 54.8 Å². The summed E-state index contributed by atoms with van der Waals surface area (Å²) in [5.74, 6) is 2.33. The molecule has 0 spiro atoms. The summed E-state index contributed by atoms with van der Waals surface area (Å²) in [7, 11) is 3.30. The van der Waals surface area contributed by atoms with E-state index in [0.717, 1.165) is 29.0 Å². The average molecular weight is 408 g/mol. The topological polar surface area (TPSA) is 36.3 Å². The van der Waals surface area contributed by atoms with Gasteiger partial charge in [-0.1, -0.05) is 35.9 Å². The minimum atomic E-state index is 0. The quantitative estimate of drug-likeness (QED) is 0.509. The molecule has 0 unspecified atom stereocenters. The number of benzene rings is 3. The zero-order valence-corrected chi connectivity index (χ0v) is 17.8. The molecule has 0 aliphatic heterocycles. The number of aryl methyl sites for hydroxylation is 2. The number of methoxy groups -OCH3 is 2. The van der Waals surface area contributed by atoms with Gasteiger partial charge < -0.3 is 26.4 Å². The lowest BCUT2D eigenvalue weighted by Gasteiger charge is -2.14. The molecule has 5 heteroatoms. The first kappa shape index (κ1) is 20.7.